The average Bonchev–Trinajstić information content (AvgIpc) is 2.52. The highest BCUT2D eigenvalue weighted by molar-refractivity contribution is 6.30. The summed E-state index contributed by atoms with van der Waals surface area (Å²) in [6.45, 7) is 0. The maximum absolute atomic E-state index is 5.81. The van der Waals surface area contributed by atoms with E-state index in [2.05, 4.69) is 4.98 Å². The van der Waals surface area contributed by atoms with Crippen LogP contribution in [-0.2, 0) is 0 Å². The first-order chi connectivity index (χ1) is 6.25. The molecule has 0 saturated heterocycles. The Hall–Kier alpha value is -0.990. The van der Waals surface area contributed by atoms with Crippen molar-refractivity contribution in [3.05, 3.63) is 40.8 Å². The van der Waals surface area contributed by atoms with Crippen LogP contribution in [-0.4, -0.2) is 4.98 Å². The minimum absolute atomic E-state index is 0.134. The van der Waals surface area contributed by atoms with Gasteiger partial charge in [0.25, 0.3) is 5.35 Å². The van der Waals surface area contributed by atoms with Crippen molar-refractivity contribution in [2.24, 2.45) is 0 Å². The molecule has 0 aliphatic rings. The molecule has 0 unspecified atom stereocenters. The van der Waals surface area contributed by atoms with E-state index in [0.717, 1.165) is 5.56 Å². The van der Waals surface area contributed by atoms with Gasteiger partial charge in [-0.25, -0.2) is 4.98 Å². The Bertz CT molecular complexity index is 425. The third-order valence-electron chi connectivity index (χ3n) is 1.59. The second-order valence-electron chi connectivity index (χ2n) is 2.49. The maximum Gasteiger partial charge on any atom is 0.292 e. The van der Waals surface area contributed by atoms with Crippen molar-refractivity contribution in [1.29, 1.82) is 0 Å². The molecule has 2 rings (SSSR count). The van der Waals surface area contributed by atoms with E-state index < -0.39 is 0 Å². The number of aromatic nitrogens is 1. The Labute approximate surface area is 85.1 Å². The van der Waals surface area contributed by atoms with Gasteiger partial charge in [0.1, 0.15) is 0 Å². The van der Waals surface area contributed by atoms with Crippen molar-refractivity contribution in [2.75, 3.05) is 0 Å². The van der Waals surface area contributed by atoms with Crippen LogP contribution in [0.15, 0.2) is 34.9 Å². The summed E-state index contributed by atoms with van der Waals surface area (Å²) in [7, 11) is 0. The van der Waals surface area contributed by atoms with E-state index in [-0.39, 0.29) is 5.35 Å². The van der Waals surface area contributed by atoms with Gasteiger partial charge in [0.05, 0.1) is 6.20 Å². The molecule has 0 fully saturated rings. The van der Waals surface area contributed by atoms with Crippen LogP contribution in [0.4, 0.5) is 0 Å². The van der Waals surface area contributed by atoms with Gasteiger partial charge < -0.3 is 4.42 Å². The van der Waals surface area contributed by atoms with Crippen LogP contribution in [0.25, 0.3) is 11.3 Å². The van der Waals surface area contributed by atoms with Crippen molar-refractivity contribution >= 4 is 23.2 Å². The van der Waals surface area contributed by atoms with Crippen molar-refractivity contribution in [1.82, 2.24) is 4.98 Å². The molecule has 13 heavy (non-hydrogen) atoms. The molecule has 0 atom stereocenters. The summed E-state index contributed by atoms with van der Waals surface area (Å²) in [5, 5.41) is 0.792. The second kappa shape index (κ2) is 3.40. The number of hydrogen-bond donors (Lipinski definition) is 0. The number of rotatable bonds is 1. The molecule has 0 bridgehead atoms. The number of benzene rings is 1. The zero-order chi connectivity index (χ0) is 9.26. The van der Waals surface area contributed by atoms with E-state index >= 15 is 0 Å². The molecule has 0 amide bonds. The third kappa shape index (κ3) is 1.85. The summed E-state index contributed by atoms with van der Waals surface area (Å²) in [6, 6.07) is 7.30. The van der Waals surface area contributed by atoms with Crippen molar-refractivity contribution in [3.63, 3.8) is 0 Å². The maximum atomic E-state index is 5.81. The predicted molar refractivity (Wildman–Crippen MR) is 52.0 cm³/mol. The first kappa shape index (κ1) is 8.60. The highest BCUT2D eigenvalue weighted by Crippen LogP contribution is 2.24. The van der Waals surface area contributed by atoms with Crippen LogP contribution in [0.1, 0.15) is 0 Å². The Kier molecular flexibility index (Phi) is 2.25. The Morgan fingerprint density at radius 3 is 2.69 bits per heavy atom. The van der Waals surface area contributed by atoms with Crippen LogP contribution >= 0.6 is 23.2 Å². The normalized spacial score (nSPS) is 10.3. The van der Waals surface area contributed by atoms with Crippen molar-refractivity contribution < 1.29 is 4.42 Å². The van der Waals surface area contributed by atoms with Crippen LogP contribution in [0.2, 0.25) is 10.4 Å². The van der Waals surface area contributed by atoms with Gasteiger partial charge >= 0.3 is 0 Å². The van der Waals surface area contributed by atoms with Crippen LogP contribution in [0, 0.1) is 0 Å². The SMILES string of the molecule is Clc1cccc(-c2cnc(Cl)o2)c1. The minimum atomic E-state index is 0.134. The molecule has 0 aliphatic carbocycles. The van der Waals surface area contributed by atoms with Crippen LogP contribution in [0.5, 0.6) is 0 Å². The van der Waals surface area contributed by atoms with Gasteiger partial charge in [-0.2, -0.15) is 0 Å². The predicted octanol–water partition coefficient (Wildman–Crippen LogP) is 3.65. The van der Waals surface area contributed by atoms with E-state index in [1.54, 1.807) is 18.3 Å². The fraction of sp³-hybridized carbons (Fsp3) is 0. The van der Waals surface area contributed by atoms with Crippen LogP contribution < -0.4 is 0 Å². The lowest BCUT2D eigenvalue weighted by molar-refractivity contribution is 0.574. The molecular weight excluding hydrogens is 209 g/mol. The van der Waals surface area contributed by atoms with Crippen molar-refractivity contribution in [2.45, 2.75) is 0 Å². The molecule has 0 spiro atoms. The first-order valence-corrected chi connectivity index (χ1v) is 4.38. The summed E-state index contributed by atoms with van der Waals surface area (Å²) in [5.41, 5.74) is 0.868. The molecule has 1 aromatic carbocycles. The Morgan fingerprint density at radius 1 is 1.23 bits per heavy atom. The highest BCUT2D eigenvalue weighted by Gasteiger charge is 2.03. The van der Waals surface area contributed by atoms with E-state index in [1.165, 1.54) is 0 Å². The zero-order valence-corrected chi connectivity index (χ0v) is 8.01. The fourth-order valence-electron chi connectivity index (χ4n) is 1.03. The van der Waals surface area contributed by atoms with Gasteiger partial charge in [0.2, 0.25) is 0 Å². The molecule has 0 saturated carbocycles. The molecule has 1 heterocycles. The molecule has 2 nitrogen and oxygen atoms in total. The van der Waals surface area contributed by atoms with Gasteiger partial charge in [-0.3, -0.25) is 0 Å². The summed E-state index contributed by atoms with van der Waals surface area (Å²) in [6.07, 6.45) is 1.56. The molecule has 0 aliphatic heterocycles. The number of oxazole rings is 1. The molecule has 2 aromatic rings. The zero-order valence-electron chi connectivity index (χ0n) is 6.50. The molecule has 66 valence electrons. The molecule has 0 N–H and O–H groups in total. The van der Waals surface area contributed by atoms with E-state index in [9.17, 15) is 0 Å². The molecule has 4 heteroatoms. The molecule has 0 radical (unpaired) electrons. The summed E-state index contributed by atoms with van der Waals surface area (Å²) >= 11 is 11.3. The lowest BCUT2D eigenvalue weighted by Gasteiger charge is -1.95. The van der Waals surface area contributed by atoms with E-state index in [4.69, 9.17) is 27.6 Å². The Morgan fingerprint density at radius 2 is 2.08 bits per heavy atom. The largest absolute Gasteiger partial charge is 0.428 e. The second-order valence-corrected chi connectivity index (χ2v) is 3.25. The lowest BCUT2D eigenvalue weighted by atomic mass is 10.2. The van der Waals surface area contributed by atoms with Gasteiger partial charge in [0, 0.05) is 10.6 Å². The molecule has 1 aromatic heterocycles. The number of nitrogens with zero attached hydrogens (tertiary/aromatic N) is 1. The number of hydrogen-bond acceptors (Lipinski definition) is 2. The number of halogens is 2. The van der Waals surface area contributed by atoms with E-state index in [0.29, 0.717) is 10.8 Å². The van der Waals surface area contributed by atoms with Gasteiger partial charge in [0.15, 0.2) is 5.76 Å². The quantitative estimate of drug-likeness (QED) is 0.723. The fourth-order valence-corrected chi connectivity index (χ4v) is 1.35. The highest BCUT2D eigenvalue weighted by atomic mass is 35.5. The Balaban J connectivity index is 2.46. The smallest absolute Gasteiger partial charge is 0.292 e. The third-order valence-corrected chi connectivity index (χ3v) is 2.00. The minimum Gasteiger partial charge on any atom is -0.428 e. The van der Waals surface area contributed by atoms with Gasteiger partial charge in [-0.15, -0.1) is 0 Å². The first-order valence-electron chi connectivity index (χ1n) is 3.63. The van der Waals surface area contributed by atoms with Crippen LogP contribution in [0.3, 0.4) is 0 Å². The monoisotopic (exact) mass is 213 g/mol. The topological polar surface area (TPSA) is 26.0 Å². The van der Waals surface area contributed by atoms with E-state index in [1.807, 2.05) is 12.1 Å². The summed E-state index contributed by atoms with van der Waals surface area (Å²) in [4.78, 5) is 3.78. The van der Waals surface area contributed by atoms with Crippen molar-refractivity contribution in [3.8, 4) is 11.3 Å². The average molecular weight is 214 g/mol. The summed E-state index contributed by atoms with van der Waals surface area (Å²) in [5.74, 6) is 0.618. The summed E-state index contributed by atoms with van der Waals surface area (Å²) < 4.78 is 5.12. The molecular formula is C9H5Cl2NO. The standard InChI is InChI=1S/C9H5Cl2NO/c10-7-3-1-2-6(4-7)8-5-12-9(11)13-8/h1-5H. The van der Waals surface area contributed by atoms with Gasteiger partial charge in [-0.05, 0) is 23.7 Å². The van der Waals surface area contributed by atoms with Gasteiger partial charge in [-0.1, -0.05) is 23.7 Å². The lowest BCUT2D eigenvalue weighted by Crippen LogP contribution is -1.72.